The van der Waals surface area contributed by atoms with Crippen LogP contribution in [-0.2, 0) is 35.2 Å². The van der Waals surface area contributed by atoms with E-state index in [1.165, 1.54) is 4.90 Å². The molecule has 1 aromatic carbocycles. The maximum Gasteiger partial charge on any atom is 0.313 e. The first-order chi connectivity index (χ1) is 18.9. The van der Waals surface area contributed by atoms with Crippen LogP contribution in [-0.4, -0.2) is 88.7 Å². The first-order valence-electron chi connectivity index (χ1n) is 13.6. The summed E-state index contributed by atoms with van der Waals surface area (Å²) >= 11 is 0. The molecule has 4 aliphatic heterocycles. The van der Waals surface area contributed by atoms with E-state index in [1.807, 2.05) is 42.5 Å². The summed E-state index contributed by atoms with van der Waals surface area (Å²) in [6, 6.07) is 8.57. The van der Waals surface area contributed by atoms with Crippen LogP contribution < -0.4 is 5.32 Å². The number of cyclic esters (lactones) is 1. The number of fused-ring (bicyclic) bond motifs is 2. The lowest BCUT2D eigenvalue weighted by Crippen LogP contribution is -2.55. The molecule has 0 unspecified atom stereocenters. The number of benzene rings is 1. The van der Waals surface area contributed by atoms with Gasteiger partial charge in [0.25, 0.3) is 0 Å². The van der Waals surface area contributed by atoms with Crippen LogP contribution in [0.2, 0.25) is 0 Å². The number of amides is 3. The molecule has 10 heteroatoms. The Labute approximate surface area is 227 Å². The number of hydrogen-bond acceptors (Lipinski definition) is 7. The fraction of sp³-hybridized carbons (Fsp3) is 0.517. The largest absolute Gasteiger partial charge is 0.460 e. The predicted molar refractivity (Wildman–Crippen MR) is 140 cm³/mol. The first-order valence-corrected chi connectivity index (χ1v) is 13.6. The quantitative estimate of drug-likeness (QED) is 0.423. The van der Waals surface area contributed by atoms with Crippen LogP contribution in [0.5, 0.6) is 0 Å². The van der Waals surface area contributed by atoms with E-state index >= 15 is 0 Å². The van der Waals surface area contributed by atoms with Gasteiger partial charge in [-0.2, -0.15) is 0 Å². The highest BCUT2D eigenvalue weighted by atomic mass is 16.6. The van der Waals surface area contributed by atoms with Crippen molar-refractivity contribution in [3.05, 3.63) is 60.2 Å². The lowest BCUT2D eigenvalue weighted by Gasteiger charge is -2.36. The zero-order valence-corrected chi connectivity index (χ0v) is 22.0. The van der Waals surface area contributed by atoms with Gasteiger partial charge in [0, 0.05) is 32.7 Å². The Morgan fingerprint density at radius 1 is 1.10 bits per heavy atom. The first kappa shape index (κ1) is 27.1. The van der Waals surface area contributed by atoms with Gasteiger partial charge >= 0.3 is 5.97 Å². The van der Waals surface area contributed by atoms with Crippen molar-refractivity contribution in [3.8, 4) is 0 Å². The molecule has 5 bridgehead atoms. The SMILES string of the molecule is C[C@H]1CNC(=O)CC/C=C\CN(Cc2ccccc2)C(=O)[C@H]2N(CCCO)C(=O)[C@@H]3[C@@H](C(=O)O1)[C@H]1C=C[C@]32O1. The standard InChI is InChI=1S/C29H35N3O7/c1-19-17-30-22(34)11-6-3-7-14-31(18-20-9-4-2-5-10-20)27(36)25-29-13-12-21(39-29)23(28(37)38-19)24(29)26(35)32(25)15-8-16-33/h2-5,7,9-10,12-13,19,21,23-25,33H,6,8,11,14-18H2,1H3,(H,30,34)/b7-3-/t19-,21+,23-,24-,25+,29-/m0/s1. The Kier molecular flexibility index (Phi) is 7.86. The number of nitrogens with one attached hydrogen (secondary N) is 1. The number of rotatable bonds is 5. The normalized spacial score (nSPS) is 33.7. The van der Waals surface area contributed by atoms with E-state index in [9.17, 15) is 24.3 Å². The van der Waals surface area contributed by atoms with E-state index in [4.69, 9.17) is 9.47 Å². The van der Waals surface area contributed by atoms with E-state index in [0.29, 0.717) is 13.0 Å². The third kappa shape index (κ3) is 5.10. The van der Waals surface area contributed by atoms with Crippen molar-refractivity contribution in [2.45, 2.75) is 56.6 Å². The smallest absolute Gasteiger partial charge is 0.313 e. The molecule has 5 rings (SSSR count). The molecule has 1 spiro atoms. The molecule has 0 radical (unpaired) electrons. The summed E-state index contributed by atoms with van der Waals surface area (Å²) in [5.41, 5.74) is -0.380. The van der Waals surface area contributed by atoms with Gasteiger partial charge in [-0.3, -0.25) is 19.2 Å². The molecule has 2 fully saturated rings. The molecular weight excluding hydrogens is 502 g/mol. The number of nitrogens with zero attached hydrogens (tertiary/aromatic N) is 2. The summed E-state index contributed by atoms with van der Waals surface area (Å²) in [6.45, 7) is 2.42. The second-order valence-corrected chi connectivity index (χ2v) is 10.6. The van der Waals surface area contributed by atoms with E-state index < -0.39 is 41.7 Å². The highest BCUT2D eigenvalue weighted by molar-refractivity contribution is 5.99. The van der Waals surface area contributed by atoms with Crippen molar-refractivity contribution in [2.75, 3.05) is 26.2 Å². The predicted octanol–water partition coefficient (Wildman–Crippen LogP) is 0.946. The van der Waals surface area contributed by atoms with Gasteiger partial charge in [0.2, 0.25) is 17.7 Å². The van der Waals surface area contributed by atoms with Crippen molar-refractivity contribution >= 4 is 23.7 Å². The van der Waals surface area contributed by atoms with Crippen molar-refractivity contribution in [2.24, 2.45) is 11.8 Å². The van der Waals surface area contributed by atoms with E-state index in [1.54, 1.807) is 24.0 Å². The monoisotopic (exact) mass is 537 g/mol. The van der Waals surface area contributed by atoms with Crippen LogP contribution in [0.25, 0.3) is 0 Å². The fourth-order valence-electron chi connectivity index (χ4n) is 6.11. The molecule has 4 aliphatic rings. The molecule has 6 atom stereocenters. The Bertz CT molecular complexity index is 1170. The molecule has 3 amide bonds. The van der Waals surface area contributed by atoms with Crippen LogP contribution in [0.15, 0.2) is 54.6 Å². The average Bonchev–Trinajstić information content (AvgIpc) is 3.57. The molecule has 0 aromatic heterocycles. The summed E-state index contributed by atoms with van der Waals surface area (Å²) in [6.07, 6.45) is 6.98. The molecule has 10 nitrogen and oxygen atoms in total. The number of allylic oxidation sites excluding steroid dienone is 1. The Balaban J connectivity index is 1.54. The number of aliphatic hydroxyl groups excluding tert-OH is 1. The zero-order valence-electron chi connectivity index (χ0n) is 22.0. The number of likely N-dealkylation sites (tertiary alicyclic amines) is 1. The fourth-order valence-corrected chi connectivity index (χ4v) is 6.11. The van der Waals surface area contributed by atoms with E-state index in [2.05, 4.69) is 5.32 Å². The number of carbonyl (C=O) groups is 4. The summed E-state index contributed by atoms with van der Waals surface area (Å²) in [7, 11) is 0. The Hall–Kier alpha value is -3.50. The van der Waals surface area contributed by atoms with Crippen molar-refractivity contribution < 1.29 is 33.8 Å². The second kappa shape index (κ2) is 11.3. The molecule has 1 aromatic rings. The molecule has 208 valence electrons. The molecule has 0 aliphatic carbocycles. The molecule has 2 N–H and O–H groups in total. The van der Waals surface area contributed by atoms with Crippen LogP contribution in [0, 0.1) is 11.8 Å². The van der Waals surface area contributed by atoms with Gasteiger partial charge in [0.1, 0.15) is 23.7 Å². The molecule has 39 heavy (non-hydrogen) atoms. The summed E-state index contributed by atoms with van der Waals surface area (Å²) in [4.78, 5) is 57.1. The lowest BCUT2D eigenvalue weighted by atomic mass is 9.74. The topological polar surface area (TPSA) is 125 Å². The molecule has 4 heterocycles. The van der Waals surface area contributed by atoms with Crippen LogP contribution in [0.4, 0.5) is 0 Å². The zero-order chi connectivity index (χ0) is 27.6. The van der Waals surface area contributed by atoms with Gasteiger partial charge in [-0.05, 0) is 25.3 Å². The van der Waals surface area contributed by atoms with Gasteiger partial charge in [0.05, 0.1) is 18.6 Å². The lowest BCUT2D eigenvalue weighted by molar-refractivity contribution is -0.158. The summed E-state index contributed by atoms with van der Waals surface area (Å²) in [5, 5.41) is 12.3. The minimum Gasteiger partial charge on any atom is -0.460 e. The van der Waals surface area contributed by atoms with Crippen molar-refractivity contribution in [1.29, 1.82) is 0 Å². The summed E-state index contributed by atoms with van der Waals surface area (Å²) in [5.74, 6) is -3.23. The maximum absolute atomic E-state index is 14.4. The number of esters is 1. The van der Waals surface area contributed by atoms with Gasteiger partial charge in [-0.15, -0.1) is 0 Å². The van der Waals surface area contributed by atoms with E-state index in [0.717, 1.165) is 5.56 Å². The maximum atomic E-state index is 14.4. The molecular formula is C29H35N3O7. The second-order valence-electron chi connectivity index (χ2n) is 10.6. The van der Waals surface area contributed by atoms with Gasteiger partial charge in [-0.1, -0.05) is 54.6 Å². The van der Waals surface area contributed by atoms with Crippen molar-refractivity contribution in [1.82, 2.24) is 15.1 Å². The minimum atomic E-state index is -1.30. The number of hydrogen-bond donors (Lipinski definition) is 2. The number of carbonyl (C=O) groups excluding carboxylic acids is 4. The highest BCUT2D eigenvalue weighted by Gasteiger charge is 2.73. The third-order valence-electron chi connectivity index (χ3n) is 7.90. The van der Waals surface area contributed by atoms with Crippen LogP contribution in [0.1, 0.15) is 31.7 Å². The summed E-state index contributed by atoms with van der Waals surface area (Å²) < 4.78 is 12.0. The minimum absolute atomic E-state index is 0.146. The molecule has 0 saturated carbocycles. The van der Waals surface area contributed by atoms with Crippen LogP contribution in [0.3, 0.4) is 0 Å². The average molecular weight is 538 g/mol. The van der Waals surface area contributed by atoms with Gasteiger partial charge in [0.15, 0.2) is 0 Å². The third-order valence-corrected chi connectivity index (χ3v) is 7.90. The van der Waals surface area contributed by atoms with E-state index in [-0.39, 0.29) is 56.8 Å². The number of ether oxygens (including phenoxy) is 2. The number of aliphatic hydroxyl groups is 1. The van der Waals surface area contributed by atoms with Crippen molar-refractivity contribution in [3.63, 3.8) is 0 Å². The Morgan fingerprint density at radius 2 is 1.90 bits per heavy atom. The van der Waals surface area contributed by atoms with Crippen LogP contribution >= 0.6 is 0 Å². The molecule has 2 saturated heterocycles. The Morgan fingerprint density at radius 3 is 2.67 bits per heavy atom. The van der Waals surface area contributed by atoms with Gasteiger partial charge < -0.3 is 29.7 Å². The van der Waals surface area contributed by atoms with Gasteiger partial charge in [-0.25, -0.2) is 0 Å². The highest BCUT2D eigenvalue weighted by Crippen LogP contribution is 2.55.